The van der Waals surface area contributed by atoms with Crippen LogP contribution in [-0.2, 0) is 4.79 Å². The van der Waals surface area contributed by atoms with Crippen LogP contribution in [0, 0.1) is 0 Å². The molecule has 0 unspecified atom stereocenters. The topological polar surface area (TPSA) is 55.1 Å². The Morgan fingerprint density at radius 2 is 1.59 bits per heavy atom. The number of nitrogens with one attached hydrogen (secondary N) is 1. The first-order valence-electron chi connectivity index (χ1n) is 7.11. The van der Waals surface area contributed by atoms with E-state index in [1.807, 2.05) is 0 Å². The van der Waals surface area contributed by atoms with Crippen molar-refractivity contribution in [3.8, 4) is 0 Å². The molecule has 0 heterocycles. The van der Waals surface area contributed by atoms with Gasteiger partial charge in [-0.15, -0.1) is 0 Å². The molecule has 3 heteroatoms. The molecule has 2 aliphatic carbocycles. The zero-order valence-corrected chi connectivity index (χ0v) is 11.1. The van der Waals surface area contributed by atoms with E-state index >= 15 is 0 Å². The standard InChI is InChI=1S/C14H26N2O/c1-13(7-3-2-4-8-13)16-12(17)11-14(15)9-5-6-10-14/h2-11,15H2,1H3,(H,16,17). The number of carbonyl (C=O) groups excluding carboxylic acids is 1. The summed E-state index contributed by atoms with van der Waals surface area (Å²) in [6, 6.07) is 0. The molecule has 0 atom stereocenters. The Hall–Kier alpha value is -0.570. The molecule has 2 aliphatic rings. The molecule has 2 saturated carbocycles. The molecular formula is C14H26N2O. The summed E-state index contributed by atoms with van der Waals surface area (Å²) in [5.74, 6) is 0.166. The Labute approximate surface area is 105 Å². The highest BCUT2D eigenvalue weighted by atomic mass is 16.1. The third-order valence-electron chi connectivity index (χ3n) is 4.51. The number of nitrogens with two attached hydrogens (primary N) is 1. The molecule has 0 saturated heterocycles. The minimum absolute atomic E-state index is 0.0320. The van der Waals surface area contributed by atoms with Gasteiger partial charge in [0.15, 0.2) is 0 Å². The van der Waals surface area contributed by atoms with Crippen LogP contribution in [0.4, 0.5) is 0 Å². The van der Waals surface area contributed by atoms with Crippen molar-refractivity contribution in [1.29, 1.82) is 0 Å². The van der Waals surface area contributed by atoms with Gasteiger partial charge in [0.2, 0.25) is 5.91 Å². The monoisotopic (exact) mass is 238 g/mol. The summed E-state index contributed by atoms with van der Waals surface area (Å²) in [6.07, 6.45) is 10.9. The maximum atomic E-state index is 12.1. The van der Waals surface area contributed by atoms with Crippen LogP contribution in [0.2, 0.25) is 0 Å². The van der Waals surface area contributed by atoms with Gasteiger partial charge in [0, 0.05) is 17.5 Å². The van der Waals surface area contributed by atoms with Crippen molar-refractivity contribution in [1.82, 2.24) is 5.32 Å². The zero-order chi connectivity index (χ0) is 12.4. The Balaban J connectivity index is 1.84. The number of carbonyl (C=O) groups is 1. The summed E-state index contributed by atoms with van der Waals surface area (Å²) < 4.78 is 0. The summed E-state index contributed by atoms with van der Waals surface area (Å²) >= 11 is 0. The van der Waals surface area contributed by atoms with Gasteiger partial charge in [0.1, 0.15) is 0 Å². The van der Waals surface area contributed by atoms with E-state index in [2.05, 4.69) is 12.2 Å². The van der Waals surface area contributed by atoms with Crippen LogP contribution in [-0.4, -0.2) is 17.0 Å². The van der Waals surface area contributed by atoms with E-state index in [-0.39, 0.29) is 17.0 Å². The largest absolute Gasteiger partial charge is 0.351 e. The van der Waals surface area contributed by atoms with Gasteiger partial charge in [-0.1, -0.05) is 32.1 Å². The maximum Gasteiger partial charge on any atom is 0.222 e. The van der Waals surface area contributed by atoms with Gasteiger partial charge < -0.3 is 11.1 Å². The molecule has 2 rings (SSSR count). The van der Waals surface area contributed by atoms with Gasteiger partial charge >= 0.3 is 0 Å². The van der Waals surface area contributed by atoms with E-state index in [0.717, 1.165) is 25.7 Å². The minimum Gasteiger partial charge on any atom is -0.351 e. The Bertz CT molecular complexity index is 276. The predicted molar refractivity (Wildman–Crippen MR) is 69.6 cm³/mol. The smallest absolute Gasteiger partial charge is 0.222 e. The lowest BCUT2D eigenvalue weighted by Crippen LogP contribution is -2.50. The fourth-order valence-corrected chi connectivity index (χ4v) is 3.41. The van der Waals surface area contributed by atoms with Gasteiger partial charge in [0.25, 0.3) is 0 Å². The average Bonchev–Trinajstić information content (AvgIpc) is 2.64. The molecule has 0 aromatic heterocycles. The second-order valence-electron chi connectivity index (χ2n) is 6.42. The van der Waals surface area contributed by atoms with Crippen LogP contribution in [0.3, 0.4) is 0 Å². The molecule has 0 aromatic rings. The van der Waals surface area contributed by atoms with Crippen molar-refractivity contribution in [2.45, 2.75) is 82.2 Å². The van der Waals surface area contributed by atoms with Crippen molar-refractivity contribution in [2.75, 3.05) is 0 Å². The Morgan fingerprint density at radius 1 is 1.06 bits per heavy atom. The van der Waals surface area contributed by atoms with Crippen LogP contribution >= 0.6 is 0 Å². The van der Waals surface area contributed by atoms with E-state index in [4.69, 9.17) is 5.73 Å². The van der Waals surface area contributed by atoms with Crippen molar-refractivity contribution in [3.05, 3.63) is 0 Å². The van der Waals surface area contributed by atoms with Gasteiger partial charge in [-0.05, 0) is 32.6 Å². The molecular weight excluding hydrogens is 212 g/mol. The number of hydrogen-bond donors (Lipinski definition) is 2. The second kappa shape index (κ2) is 4.97. The molecule has 0 aliphatic heterocycles. The normalized spacial score (nSPS) is 26.7. The van der Waals surface area contributed by atoms with Crippen molar-refractivity contribution in [3.63, 3.8) is 0 Å². The predicted octanol–water partition coefficient (Wildman–Crippen LogP) is 2.49. The van der Waals surface area contributed by atoms with Crippen LogP contribution in [0.5, 0.6) is 0 Å². The summed E-state index contributed by atoms with van der Waals surface area (Å²) in [5.41, 5.74) is 6.07. The Morgan fingerprint density at radius 3 is 2.18 bits per heavy atom. The lowest BCUT2D eigenvalue weighted by atomic mass is 9.83. The van der Waals surface area contributed by atoms with E-state index in [1.165, 1.54) is 32.1 Å². The average molecular weight is 238 g/mol. The fraction of sp³-hybridized carbons (Fsp3) is 0.929. The fourth-order valence-electron chi connectivity index (χ4n) is 3.41. The minimum atomic E-state index is -0.213. The molecule has 2 fully saturated rings. The second-order valence-corrected chi connectivity index (χ2v) is 6.42. The SMILES string of the molecule is CC1(NC(=O)CC2(N)CCCC2)CCCCC1. The molecule has 17 heavy (non-hydrogen) atoms. The maximum absolute atomic E-state index is 12.1. The summed E-state index contributed by atoms with van der Waals surface area (Å²) in [6.45, 7) is 2.18. The molecule has 0 bridgehead atoms. The molecule has 3 nitrogen and oxygen atoms in total. The van der Waals surface area contributed by atoms with Gasteiger partial charge in [0.05, 0.1) is 0 Å². The molecule has 1 amide bonds. The van der Waals surface area contributed by atoms with Crippen LogP contribution in [0.1, 0.15) is 71.1 Å². The van der Waals surface area contributed by atoms with Crippen molar-refractivity contribution >= 4 is 5.91 Å². The lowest BCUT2D eigenvalue weighted by molar-refractivity contribution is -0.124. The van der Waals surface area contributed by atoms with E-state index < -0.39 is 0 Å². The molecule has 3 N–H and O–H groups in total. The first-order valence-corrected chi connectivity index (χ1v) is 7.11. The van der Waals surface area contributed by atoms with Gasteiger partial charge in [-0.2, -0.15) is 0 Å². The van der Waals surface area contributed by atoms with Crippen molar-refractivity contribution < 1.29 is 4.79 Å². The highest BCUT2D eigenvalue weighted by molar-refractivity contribution is 5.78. The van der Waals surface area contributed by atoms with Gasteiger partial charge in [-0.25, -0.2) is 0 Å². The van der Waals surface area contributed by atoms with Crippen LogP contribution in [0.25, 0.3) is 0 Å². The summed E-state index contributed by atoms with van der Waals surface area (Å²) in [4.78, 5) is 12.1. The number of hydrogen-bond acceptors (Lipinski definition) is 2. The number of rotatable bonds is 3. The van der Waals surface area contributed by atoms with E-state index in [1.54, 1.807) is 0 Å². The molecule has 0 spiro atoms. The zero-order valence-electron chi connectivity index (χ0n) is 11.1. The molecule has 0 radical (unpaired) electrons. The third kappa shape index (κ3) is 3.44. The molecule has 0 aromatic carbocycles. The van der Waals surface area contributed by atoms with E-state index in [0.29, 0.717) is 6.42 Å². The third-order valence-corrected chi connectivity index (χ3v) is 4.51. The Kier molecular flexibility index (Phi) is 3.76. The first kappa shape index (κ1) is 12.9. The molecule has 98 valence electrons. The summed E-state index contributed by atoms with van der Waals surface area (Å²) in [5, 5.41) is 3.23. The van der Waals surface area contributed by atoms with Crippen LogP contribution in [0.15, 0.2) is 0 Å². The highest BCUT2D eigenvalue weighted by Gasteiger charge is 2.34. The first-order chi connectivity index (χ1) is 8.02. The quantitative estimate of drug-likeness (QED) is 0.793. The summed E-state index contributed by atoms with van der Waals surface area (Å²) in [7, 11) is 0. The van der Waals surface area contributed by atoms with Gasteiger partial charge in [-0.3, -0.25) is 4.79 Å². The van der Waals surface area contributed by atoms with Crippen LogP contribution < -0.4 is 11.1 Å². The van der Waals surface area contributed by atoms with Crippen molar-refractivity contribution in [2.24, 2.45) is 5.73 Å². The number of amides is 1. The highest BCUT2D eigenvalue weighted by Crippen LogP contribution is 2.31. The lowest BCUT2D eigenvalue weighted by Gasteiger charge is -2.35. The van der Waals surface area contributed by atoms with E-state index in [9.17, 15) is 4.79 Å².